The molecule has 0 radical (unpaired) electrons. The second kappa shape index (κ2) is 5.16. The van der Waals surface area contributed by atoms with E-state index in [1.54, 1.807) is 24.3 Å². The van der Waals surface area contributed by atoms with Gasteiger partial charge in [-0.2, -0.15) is 0 Å². The first-order chi connectivity index (χ1) is 7.50. The molecule has 0 fully saturated rings. The SMILES string of the molecule is CN(C)c1ccc(C(=O)OCC(=O)O)cc1. The quantitative estimate of drug-likeness (QED) is 0.771. The predicted octanol–water partition coefficient (Wildman–Crippen LogP) is 0.994. The van der Waals surface area contributed by atoms with Crippen LogP contribution in [0.1, 0.15) is 10.4 Å². The molecule has 0 aliphatic carbocycles. The molecule has 1 N–H and O–H groups in total. The van der Waals surface area contributed by atoms with Crippen molar-refractivity contribution in [2.75, 3.05) is 25.6 Å². The molecule has 0 aliphatic rings. The fraction of sp³-hybridized carbons (Fsp3) is 0.273. The van der Waals surface area contributed by atoms with Gasteiger partial charge < -0.3 is 14.7 Å². The summed E-state index contributed by atoms with van der Waals surface area (Å²) in [5.74, 6) is -1.80. The number of ether oxygens (including phenoxy) is 1. The number of aliphatic carboxylic acids is 1. The Morgan fingerprint density at radius 3 is 2.25 bits per heavy atom. The number of carboxylic acid groups (broad SMARTS) is 1. The van der Waals surface area contributed by atoms with Crippen molar-refractivity contribution in [2.45, 2.75) is 0 Å². The summed E-state index contributed by atoms with van der Waals surface area (Å²) in [6, 6.07) is 6.72. The number of hydrogen-bond donors (Lipinski definition) is 1. The first-order valence-electron chi connectivity index (χ1n) is 4.67. The molecule has 1 rings (SSSR count). The Bertz CT molecular complexity index is 383. The van der Waals surface area contributed by atoms with Crippen LogP contribution in [-0.4, -0.2) is 37.7 Å². The molecule has 0 unspecified atom stereocenters. The van der Waals surface area contributed by atoms with Crippen molar-refractivity contribution in [3.8, 4) is 0 Å². The molecule has 0 bridgehead atoms. The second-order valence-corrected chi connectivity index (χ2v) is 3.41. The van der Waals surface area contributed by atoms with Gasteiger partial charge in [0.05, 0.1) is 5.56 Å². The Morgan fingerprint density at radius 2 is 1.81 bits per heavy atom. The molecule has 0 heterocycles. The number of anilines is 1. The number of carboxylic acids is 1. The molecule has 1 aromatic carbocycles. The molecule has 0 aliphatic heterocycles. The van der Waals surface area contributed by atoms with E-state index in [0.717, 1.165) is 5.69 Å². The van der Waals surface area contributed by atoms with Crippen LogP contribution in [0.25, 0.3) is 0 Å². The standard InChI is InChI=1S/C11H13NO4/c1-12(2)9-5-3-8(4-6-9)11(15)16-7-10(13)14/h3-6H,7H2,1-2H3,(H,13,14). The van der Waals surface area contributed by atoms with Gasteiger partial charge >= 0.3 is 11.9 Å². The van der Waals surface area contributed by atoms with Crippen molar-refractivity contribution in [1.29, 1.82) is 0 Å². The zero-order chi connectivity index (χ0) is 12.1. The lowest BCUT2D eigenvalue weighted by molar-refractivity contribution is -0.140. The molecule has 0 spiro atoms. The van der Waals surface area contributed by atoms with Gasteiger partial charge in [-0.05, 0) is 24.3 Å². The van der Waals surface area contributed by atoms with E-state index in [9.17, 15) is 9.59 Å². The molecule has 5 heteroatoms. The molecule has 0 atom stereocenters. The van der Waals surface area contributed by atoms with E-state index in [1.165, 1.54) is 0 Å². The monoisotopic (exact) mass is 223 g/mol. The summed E-state index contributed by atoms with van der Waals surface area (Å²) in [4.78, 5) is 23.4. The summed E-state index contributed by atoms with van der Waals surface area (Å²) in [6.07, 6.45) is 0. The van der Waals surface area contributed by atoms with Crippen molar-refractivity contribution in [1.82, 2.24) is 0 Å². The summed E-state index contributed by atoms with van der Waals surface area (Å²) in [5, 5.41) is 8.34. The average Bonchev–Trinajstić information content (AvgIpc) is 2.26. The molecular formula is C11H13NO4. The highest BCUT2D eigenvalue weighted by Gasteiger charge is 2.09. The van der Waals surface area contributed by atoms with Crippen LogP contribution in [0.5, 0.6) is 0 Å². The fourth-order valence-corrected chi connectivity index (χ4v) is 1.11. The van der Waals surface area contributed by atoms with E-state index in [2.05, 4.69) is 4.74 Å². The fourth-order valence-electron chi connectivity index (χ4n) is 1.11. The van der Waals surface area contributed by atoms with Crippen molar-refractivity contribution < 1.29 is 19.4 Å². The van der Waals surface area contributed by atoms with E-state index in [1.807, 2.05) is 19.0 Å². The second-order valence-electron chi connectivity index (χ2n) is 3.41. The largest absolute Gasteiger partial charge is 0.479 e. The maximum atomic E-state index is 11.3. The molecule has 0 saturated carbocycles. The average molecular weight is 223 g/mol. The van der Waals surface area contributed by atoms with Gasteiger partial charge in [-0.3, -0.25) is 0 Å². The number of rotatable bonds is 4. The van der Waals surface area contributed by atoms with Gasteiger partial charge in [-0.25, -0.2) is 9.59 Å². The van der Waals surface area contributed by atoms with E-state index < -0.39 is 18.5 Å². The van der Waals surface area contributed by atoms with Crippen molar-refractivity contribution in [3.05, 3.63) is 29.8 Å². The van der Waals surface area contributed by atoms with Crippen LogP contribution in [0.15, 0.2) is 24.3 Å². The topological polar surface area (TPSA) is 66.8 Å². The number of carbonyl (C=O) groups excluding carboxylic acids is 1. The minimum absolute atomic E-state index is 0.340. The summed E-state index contributed by atoms with van der Waals surface area (Å²) in [6.45, 7) is -0.617. The van der Waals surface area contributed by atoms with Crippen LogP contribution in [0, 0.1) is 0 Å². The van der Waals surface area contributed by atoms with Gasteiger partial charge in [0.2, 0.25) is 0 Å². The third kappa shape index (κ3) is 3.27. The number of hydrogen-bond acceptors (Lipinski definition) is 4. The molecule has 16 heavy (non-hydrogen) atoms. The highest BCUT2D eigenvalue weighted by atomic mass is 16.5. The Labute approximate surface area is 93.2 Å². The van der Waals surface area contributed by atoms with Crippen LogP contribution in [0.4, 0.5) is 5.69 Å². The number of esters is 1. The van der Waals surface area contributed by atoms with Crippen LogP contribution >= 0.6 is 0 Å². The predicted molar refractivity (Wildman–Crippen MR) is 58.7 cm³/mol. The highest BCUT2D eigenvalue weighted by molar-refractivity contribution is 5.91. The Kier molecular flexibility index (Phi) is 3.88. The minimum Gasteiger partial charge on any atom is -0.479 e. The summed E-state index contributed by atoms with van der Waals surface area (Å²) in [7, 11) is 3.77. The van der Waals surface area contributed by atoms with Gasteiger partial charge in [0.25, 0.3) is 0 Å². The van der Waals surface area contributed by atoms with Crippen LogP contribution in [-0.2, 0) is 9.53 Å². The summed E-state index contributed by atoms with van der Waals surface area (Å²) in [5.41, 5.74) is 1.29. The maximum absolute atomic E-state index is 11.3. The number of carbonyl (C=O) groups is 2. The third-order valence-electron chi connectivity index (χ3n) is 1.95. The molecule has 0 saturated heterocycles. The zero-order valence-electron chi connectivity index (χ0n) is 9.14. The Hall–Kier alpha value is -2.04. The zero-order valence-corrected chi connectivity index (χ0v) is 9.14. The molecule has 0 aromatic heterocycles. The number of benzene rings is 1. The third-order valence-corrected chi connectivity index (χ3v) is 1.95. The molecule has 5 nitrogen and oxygen atoms in total. The molecule has 86 valence electrons. The van der Waals surface area contributed by atoms with E-state index >= 15 is 0 Å². The van der Waals surface area contributed by atoms with Gasteiger partial charge in [-0.1, -0.05) is 0 Å². The van der Waals surface area contributed by atoms with Crippen molar-refractivity contribution >= 4 is 17.6 Å². The van der Waals surface area contributed by atoms with Crippen LogP contribution in [0.3, 0.4) is 0 Å². The van der Waals surface area contributed by atoms with E-state index in [-0.39, 0.29) is 0 Å². The van der Waals surface area contributed by atoms with Crippen molar-refractivity contribution in [2.24, 2.45) is 0 Å². The number of nitrogens with zero attached hydrogens (tertiary/aromatic N) is 1. The highest BCUT2D eigenvalue weighted by Crippen LogP contribution is 2.12. The first-order valence-corrected chi connectivity index (χ1v) is 4.67. The van der Waals surface area contributed by atoms with Crippen molar-refractivity contribution in [3.63, 3.8) is 0 Å². The van der Waals surface area contributed by atoms with Gasteiger partial charge in [0, 0.05) is 19.8 Å². The lowest BCUT2D eigenvalue weighted by Crippen LogP contribution is -2.13. The molecular weight excluding hydrogens is 210 g/mol. The first kappa shape index (κ1) is 12.0. The smallest absolute Gasteiger partial charge is 0.341 e. The minimum atomic E-state index is -1.17. The summed E-state index contributed by atoms with van der Waals surface area (Å²) >= 11 is 0. The Balaban J connectivity index is 2.66. The molecule has 1 aromatic rings. The van der Waals surface area contributed by atoms with Gasteiger partial charge in [0.15, 0.2) is 6.61 Å². The van der Waals surface area contributed by atoms with Gasteiger partial charge in [-0.15, -0.1) is 0 Å². The normalized spacial score (nSPS) is 9.62. The van der Waals surface area contributed by atoms with Crippen LogP contribution < -0.4 is 4.90 Å². The van der Waals surface area contributed by atoms with E-state index in [0.29, 0.717) is 5.56 Å². The lowest BCUT2D eigenvalue weighted by atomic mass is 10.2. The Morgan fingerprint density at radius 1 is 1.25 bits per heavy atom. The lowest BCUT2D eigenvalue weighted by Gasteiger charge is -2.12. The van der Waals surface area contributed by atoms with Crippen LogP contribution in [0.2, 0.25) is 0 Å². The van der Waals surface area contributed by atoms with E-state index in [4.69, 9.17) is 5.11 Å². The molecule has 0 amide bonds. The summed E-state index contributed by atoms with van der Waals surface area (Å²) < 4.78 is 4.54. The maximum Gasteiger partial charge on any atom is 0.341 e. The van der Waals surface area contributed by atoms with Gasteiger partial charge in [0.1, 0.15) is 0 Å².